The molecule has 0 bridgehead atoms. The molecule has 0 aliphatic carbocycles. The van der Waals surface area contributed by atoms with Crippen LogP contribution in [0.25, 0.3) is 0 Å². The van der Waals surface area contributed by atoms with E-state index in [0.29, 0.717) is 16.9 Å². The van der Waals surface area contributed by atoms with Crippen LogP contribution in [0.5, 0.6) is 0 Å². The lowest BCUT2D eigenvalue weighted by atomic mass is 10.1. The highest BCUT2D eigenvalue weighted by atomic mass is 32.2. The Kier molecular flexibility index (Phi) is 3.85. The van der Waals surface area contributed by atoms with E-state index < -0.39 is 6.23 Å². The number of quaternary nitrogens is 1. The lowest BCUT2D eigenvalue weighted by molar-refractivity contribution is 0.0345. The highest BCUT2D eigenvalue weighted by Crippen LogP contribution is 2.34. The first-order valence-electron chi connectivity index (χ1n) is 7.84. The summed E-state index contributed by atoms with van der Waals surface area (Å²) in [5.74, 6) is 0.707. The van der Waals surface area contributed by atoms with Crippen molar-refractivity contribution in [3.63, 3.8) is 0 Å². The molecule has 0 amide bonds. The third kappa shape index (κ3) is 2.76. The fraction of sp³-hybridized carbons (Fsp3) is 0.278. The van der Waals surface area contributed by atoms with Crippen LogP contribution in [0, 0.1) is 0 Å². The van der Waals surface area contributed by atoms with Crippen LogP contribution in [0.4, 0.5) is 5.69 Å². The van der Waals surface area contributed by atoms with Gasteiger partial charge in [-0.15, -0.1) is 0 Å². The number of hydrogen-bond acceptors (Lipinski definition) is 4. The number of benzene rings is 2. The van der Waals surface area contributed by atoms with Gasteiger partial charge in [-0.3, -0.25) is 9.38 Å². The van der Waals surface area contributed by atoms with Crippen LogP contribution in [0.1, 0.15) is 5.56 Å². The van der Waals surface area contributed by atoms with Crippen LogP contribution in [-0.4, -0.2) is 40.5 Å². The molecule has 2 aromatic rings. The first kappa shape index (κ1) is 14.8. The summed E-state index contributed by atoms with van der Waals surface area (Å²) in [6.45, 7) is 2.34. The molecular formula is C18H20N3OS+. The molecule has 2 aliphatic rings. The van der Waals surface area contributed by atoms with Crippen molar-refractivity contribution in [2.45, 2.75) is 12.8 Å². The Labute approximate surface area is 140 Å². The smallest absolute Gasteiger partial charge is 0.181 e. The molecule has 5 heteroatoms. The zero-order valence-corrected chi connectivity index (χ0v) is 13.7. The van der Waals surface area contributed by atoms with Crippen LogP contribution >= 0.6 is 11.8 Å². The molecule has 0 radical (unpaired) electrons. The molecule has 1 N–H and O–H groups in total. The summed E-state index contributed by atoms with van der Waals surface area (Å²) >= 11 is 1.65. The zero-order valence-electron chi connectivity index (χ0n) is 12.9. The average molecular weight is 326 g/mol. The highest BCUT2D eigenvalue weighted by Gasteiger charge is 2.42. The van der Waals surface area contributed by atoms with E-state index in [1.165, 1.54) is 11.3 Å². The summed E-state index contributed by atoms with van der Waals surface area (Å²) in [6, 6.07) is 21.1. The number of fused-ring (bicyclic) bond motifs is 1. The summed E-state index contributed by atoms with van der Waals surface area (Å²) in [5, 5.41) is 11.3. The molecular weight excluding hydrogens is 306 g/mol. The van der Waals surface area contributed by atoms with Crippen molar-refractivity contribution in [3.8, 4) is 0 Å². The Hall–Kier alpha value is -1.82. The average Bonchev–Trinajstić information content (AvgIpc) is 2.97. The van der Waals surface area contributed by atoms with Crippen molar-refractivity contribution in [1.82, 2.24) is 9.38 Å². The number of aliphatic imine (C=N–C) groups is 1. The quantitative estimate of drug-likeness (QED) is 0.881. The minimum Gasteiger partial charge on any atom is -0.372 e. The van der Waals surface area contributed by atoms with Crippen LogP contribution in [0.15, 0.2) is 65.7 Å². The van der Waals surface area contributed by atoms with Crippen molar-refractivity contribution < 1.29 is 5.11 Å². The van der Waals surface area contributed by atoms with Crippen LogP contribution in [0.3, 0.4) is 0 Å². The van der Waals surface area contributed by atoms with E-state index in [1.54, 1.807) is 11.8 Å². The summed E-state index contributed by atoms with van der Waals surface area (Å²) in [5.41, 5.74) is 2.53. The van der Waals surface area contributed by atoms with E-state index in [9.17, 15) is 5.11 Å². The third-order valence-electron chi connectivity index (χ3n) is 4.50. The minimum absolute atomic E-state index is 0.434. The molecule has 23 heavy (non-hydrogen) atoms. The SMILES string of the molecule is OC1CSC2=NC[N+](Cc3ccccc3)(c3ccccc3)CN21. The lowest BCUT2D eigenvalue weighted by Gasteiger charge is -2.43. The molecule has 0 spiro atoms. The second kappa shape index (κ2) is 6.00. The van der Waals surface area contributed by atoms with Gasteiger partial charge in [0.2, 0.25) is 0 Å². The Morgan fingerprint density at radius 3 is 2.52 bits per heavy atom. The van der Waals surface area contributed by atoms with Crippen LogP contribution in [-0.2, 0) is 6.54 Å². The van der Waals surface area contributed by atoms with E-state index in [4.69, 9.17) is 4.99 Å². The van der Waals surface area contributed by atoms with Gasteiger partial charge in [-0.2, -0.15) is 0 Å². The molecule has 4 nitrogen and oxygen atoms in total. The van der Waals surface area contributed by atoms with Gasteiger partial charge in [0.05, 0.1) is 0 Å². The zero-order chi connectivity index (χ0) is 15.7. The summed E-state index contributed by atoms with van der Waals surface area (Å²) in [4.78, 5) is 6.83. The Morgan fingerprint density at radius 1 is 1.09 bits per heavy atom. The Balaban J connectivity index is 1.73. The second-order valence-electron chi connectivity index (χ2n) is 6.11. The molecule has 1 saturated heterocycles. The predicted octanol–water partition coefficient (Wildman–Crippen LogP) is 2.85. The first-order valence-corrected chi connectivity index (χ1v) is 8.83. The summed E-state index contributed by atoms with van der Waals surface area (Å²) in [6.07, 6.45) is -0.434. The van der Waals surface area contributed by atoms with Gasteiger partial charge in [-0.1, -0.05) is 60.3 Å². The predicted molar refractivity (Wildman–Crippen MR) is 95.9 cm³/mol. The Morgan fingerprint density at radius 2 is 1.78 bits per heavy atom. The normalized spacial score (nSPS) is 26.7. The molecule has 2 aromatic carbocycles. The molecule has 2 heterocycles. The van der Waals surface area contributed by atoms with Gasteiger partial charge in [0, 0.05) is 11.3 Å². The topological polar surface area (TPSA) is 35.8 Å². The number of para-hydroxylation sites is 1. The fourth-order valence-corrected chi connectivity index (χ4v) is 4.28. The number of aliphatic hydroxyl groups is 1. The maximum atomic E-state index is 10.3. The van der Waals surface area contributed by atoms with E-state index in [2.05, 4.69) is 48.5 Å². The highest BCUT2D eigenvalue weighted by molar-refractivity contribution is 8.14. The number of nitrogens with zero attached hydrogens (tertiary/aromatic N) is 3. The van der Waals surface area contributed by atoms with E-state index in [0.717, 1.165) is 18.4 Å². The van der Waals surface area contributed by atoms with Crippen molar-refractivity contribution in [2.24, 2.45) is 4.99 Å². The van der Waals surface area contributed by atoms with E-state index in [1.807, 2.05) is 17.0 Å². The van der Waals surface area contributed by atoms with Gasteiger partial charge in [0.1, 0.15) is 18.5 Å². The minimum atomic E-state index is -0.434. The number of thioether (sulfide) groups is 1. The molecule has 2 atom stereocenters. The third-order valence-corrected chi connectivity index (χ3v) is 5.59. The lowest BCUT2D eigenvalue weighted by Crippen LogP contribution is -2.60. The van der Waals surface area contributed by atoms with Gasteiger partial charge < -0.3 is 5.11 Å². The van der Waals surface area contributed by atoms with Gasteiger partial charge in [-0.05, 0) is 12.1 Å². The van der Waals surface area contributed by atoms with Gasteiger partial charge >= 0.3 is 0 Å². The van der Waals surface area contributed by atoms with E-state index >= 15 is 0 Å². The maximum Gasteiger partial charge on any atom is 0.181 e. The summed E-state index contributed by atoms with van der Waals surface area (Å²) in [7, 11) is 0. The van der Waals surface area contributed by atoms with Gasteiger partial charge in [-0.25, -0.2) is 4.99 Å². The fourth-order valence-electron chi connectivity index (χ4n) is 3.30. The monoisotopic (exact) mass is 326 g/mol. The molecule has 1 fully saturated rings. The van der Waals surface area contributed by atoms with Gasteiger partial charge in [0.25, 0.3) is 0 Å². The number of rotatable bonds is 3. The molecule has 118 valence electrons. The van der Waals surface area contributed by atoms with E-state index in [-0.39, 0.29) is 0 Å². The largest absolute Gasteiger partial charge is 0.372 e. The first-order chi connectivity index (χ1) is 11.3. The number of hydrogen-bond donors (Lipinski definition) is 1. The summed E-state index contributed by atoms with van der Waals surface area (Å²) < 4.78 is 0.714. The molecule has 2 unspecified atom stereocenters. The second-order valence-corrected chi connectivity index (χ2v) is 7.10. The molecule has 0 saturated carbocycles. The van der Waals surface area contributed by atoms with Crippen molar-refractivity contribution in [1.29, 1.82) is 0 Å². The maximum absolute atomic E-state index is 10.3. The number of aliphatic hydroxyl groups excluding tert-OH is 1. The molecule has 0 aromatic heterocycles. The molecule has 2 aliphatic heterocycles. The van der Waals surface area contributed by atoms with Gasteiger partial charge in [0.15, 0.2) is 18.5 Å². The van der Waals surface area contributed by atoms with Crippen molar-refractivity contribution in [2.75, 3.05) is 19.1 Å². The van der Waals surface area contributed by atoms with Crippen LogP contribution < -0.4 is 4.48 Å². The van der Waals surface area contributed by atoms with Crippen molar-refractivity contribution >= 4 is 22.6 Å². The van der Waals surface area contributed by atoms with Crippen molar-refractivity contribution in [3.05, 3.63) is 66.2 Å². The number of amidine groups is 1. The standard InChI is InChI=1S/C18H20N3OS/c22-17-12-23-18-19-13-21(14-20(17)18,16-9-5-2-6-10-16)11-15-7-3-1-4-8-15/h1-10,17,22H,11-14H2/q+1. The van der Waals surface area contributed by atoms with Crippen LogP contribution in [0.2, 0.25) is 0 Å². The molecule has 4 rings (SSSR count). The Bertz CT molecular complexity index is 707.